The fourth-order valence-corrected chi connectivity index (χ4v) is 4.13. The van der Waals surface area contributed by atoms with Gasteiger partial charge in [-0.15, -0.1) is 0 Å². The number of H-pyrrole nitrogens is 1. The van der Waals surface area contributed by atoms with Crippen LogP contribution in [-0.2, 0) is 4.74 Å². The lowest BCUT2D eigenvalue weighted by atomic mass is 10.1. The number of hydrogen-bond donors (Lipinski definition) is 2. The number of fused-ring (bicyclic) bond motifs is 1. The van der Waals surface area contributed by atoms with Gasteiger partial charge in [-0.25, -0.2) is 0 Å². The number of ether oxygens (including phenoxy) is 1. The number of piperazine rings is 1. The maximum atomic E-state index is 12.9. The molecule has 5 heteroatoms. The molecule has 25 heavy (non-hydrogen) atoms. The zero-order valence-corrected chi connectivity index (χ0v) is 15.2. The number of benzene rings is 1. The molecule has 0 unspecified atom stereocenters. The average Bonchev–Trinajstić information content (AvgIpc) is 3.23. The van der Waals surface area contributed by atoms with E-state index in [-0.39, 0.29) is 5.91 Å². The Hall–Kier alpha value is -1.85. The first-order valence-electron chi connectivity index (χ1n) is 9.45. The van der Waals surface area contributed by atoms with Crippen LogP contribution in [0.1, 0.15) is 34.5 Å². The van der Waals surface area contributed by atoms with Crippen LogP contribution in [0.25, 0.3) is 10.9 Å². The number of aromatic amines is 1. The van der Waals surface area contributed by atoms with Crippen molar-refractivity contribution in [2.75, 3.05) is 39.3 Å². The summed E-state index contributed by atoms with van der Waals surface area (Å²) in [5, 5.41) is 1.16. The highest BCUT2D eigenvalue weighted by Gasteiger charge is 2.28. The van der Waals surface area contributed by atoms with Gasteiger partial charge in [-0.3, -0.25) is 4.79 Å². The minimum absolute atomic E-state index is 0.163. The number of rotatable bonds is 3. The number of carbonyl (C=O) groups is 1. The Morgan fingerprint density at radius 2 is 2.12 bits per heavy atom. The maximum absolute atomic E-state index is 12.9. The molecule has 2 fully saturated rings. The van der Waals surface area contributed by atoms with Gasteiger partial charge in [0.25, 0.3) is 5.91 Å². The highest BCUT2D eigenvalue weighted by atomic mass is 16.5. The molecule has 1 aromatic carbocycles. The number of nitrogens with one attached hydrogen (secondary N) is 2. The van der Waals surface area contributed by atoms with Gasteiger partial charge in [-0.05, 0) is 50.5 Å². The second-order valence-electron chi connectivity index (χ2n) is 7.52. The van der Waals surface area contributed by atoms with Crippen LogP contribution in [0.3, 0.4) is 0 Å². The van der Waals surface area contributed by atoms with Crippen LogP contribution in [0.4, 0.5) is 0 Å². The SMILES string of the molecule is Cc1[nH]c2ccc(C(=O)N3CC[NH+](C[C@@H]4CCCO4)CC3)cc2c1C. The number of aryl methyl sites for hydroxylation is 2. The van der Waals surface area contributed by atoms with Crippen LogP contribution in [0.5, 0.6) is 0 Å². The molecule has 2 N–H and O–H groups in total. The molecule has 0 saturated carbocycles. The van der Waals surface area contributed by atoms with E-state index in [1.54, 1.807) is 4.90 Å². The summed E-state index contributed by atoms with van der Waals surface area (Å²) < 4.78 is 5.75. The summed E-state index contributed by atoms with van der Waals surface area (Å²) in [5.41, 5.74) is 4.32. The lowest BCUT2D eigenvalue weighted by Crippen LogP contribution is -3.15. The van der Waals surface area contributed by atoms with E-state index < -0.39 is 0 Å². The molecule has 4 rings (SSSR count). The van der Waals surface area contributed by atoms with Gasteiger partial charge in [0.2, 0.25) is 0 Å². The number of nitrogens with zero attached hydrogens (tertiary/aromatic N) is 1. The van der Waals surface area contributed by atoms with Crippen molar-refractivity contribution in [1.82, 2.24) is 9.88 Å². The molecule has 0 bridgehead atoms. The smallest absolute Gasteiger partial charge is 0.254 e. The van der Waals surface area contributed by atoms with E-state index in [9.17, 15) is 4.79 Å². The Morgan fingerprint density at radius 1 is 1.32 bits per heavy atom. The molecule has 2 aliphatic rings. The van der Waals surface area contributed by atoms with E-state index in [1.807, 2.05) is 23.1 Å². The molecule has 0 radical (unpaired) electrons. The highest BCUT2D eigenvalue weighted by Crippen LogP contribution is 2.23. The minimum atomic E-state index is 0.163. The fraction of sp³-hybridized carbons (Fsp3) is 0.550. The first-order valence-corrected chi connectivity index (χ1v) is 9.45. The van der Waals surface area contributed by atoms with Crippen molar-refractivity contribution in [3.8, 4) is 0 Å². The Labute approximate surface area is 148 Å². The van der Waals surface area contributed by atoms with E-state index in [4.69, 9.17) is 4.74 Å². The van der Waals surface area contributed by atoms with Crippen LogP contribution >= 0.6 is 0 Å². The number of hydrogen-bond acceptors (Lipinski definition) is 2. The molecular weight excluding hydrogens is 314 g/mol. The van der Waals surface area contributed by atoms with Crippen molar-refractivity contribution in [3.63, 3.8) is 0 Å². The summed E-state index contributed by atoms with van der Waals surface area (Å²) in [7, 11) is 0. The van der Waals surface area contributed by atoms with E-state index in [0.717, 1.165) is 55.8 Å². The predicted octanol–water partition coefficient (Wildman–Crippen LogP) is 1.30. The summed E-state index contributed by atoms with van der Waals surface area (Å²) >= 11 is 0. The Kier molecular flexibility index (Phi) is 4.52. The summed E-state index contributed by atoms with van der Waals surface area (Å²) in [6, 6.07) is 6.02. The van der Waals surface area contributed by atoms with Gasteiger partial charge in [0.15, 0.2) is 0 Å². The van der Waals surface area contributed by atoms with Crippen molar-refractivity contribution in [1.29, 1.82) is 0 Å². The second-order valence-corrected chi connectivity index (χ2v) is 7.52. The highest BCUT2D eigenvalue weighted by molar-refractivity contribution is 5.99. The average molecular weight is 342 g/mol. The summed E-state index contributed by atoms with van der Waals surface area (Å²) in [5.74, 6) is 0.163. The van der Waals surface area contributed by atoms with Gasteiger partial charge in [0.1, 0.15) is 12.6 Å². The fourth-order valence-electron chi connectivity index (χ4n) is 4.13. The quantitative estimate of drug-likeness (QED) is 0.883. The largest absolute Gasteiger partial charge is 0.372 e. The van der Waals surface area contributed by atoms with E-state index in [2.05, 4.69) is 18.8 Å². The topological polar surface area (TPSA) is 49.8 Å². The molecule has 0 aliphatic carbocycles. The minimum Gasteiger partial charge on any atom is -0.372 e. The lowest BCUT2D eigenvalue weighted by molar-refractivity contribution is -0.906. The molecule has 2 aliphatic heterocycles. The number of quaternary nitrogens is 1. The van der Waals surface area contributed by atoms with Crippen LogP contribution in [0.15, 0.2) is 18.2 Å². The van der Waals surface area contributed by atoms with Crippen LogP contribution in [-0.4, -0.2) is 61.2 Å². The van der Waals surface area contributed by atoms with Gasteiger partial charge < -0.3 is 19.5 Å². The molecular formula is C20H28N3O2+. The number of aromatic nitrogens is 1. The van der Waals surface area contributed by atoms with Crippen molar-refractivity contribution >= 4 is 16.8 Å². The summed E-state index contributed by atoms with van der Waals surface area (Å²) in [4.78, 5) is 19.8. The Morgan fingerprint density at radius 3 is 2.84 bits per heavy atom. The van der Waals surface area contributed by atoms with E-state index in [1.165, 1.54) is 24.1 Å². The standard InChI is InChI=1S/C20H27N3O2/c1-14-15(2)21-19-6-5-16(12-18(14)19)20(24)23-9-7-22(8-10-23)13-17-4-3-11-25-17/h5-6,12,17,21H,3-4,7-11,13H2,1-2H3/p+1/t17-/m0/s1. The second kappa shape index (κ2) is 6.81. The Bertz CT molecular complexity index is 769. The Balaban J connectivity index is 1.40. The van der Waals surface area contributed by atoms with Crippen molar-refractivity contribution in [2.24, 2.45) is 0 Å². The molecule has 1 atom stereocenters. The van der Waals surface area contributed by atoms with Gasteiger partial charge >= 0.3 is 0 Å². The normalized spacial score (nSPS) is 22.0. The van der Waals surface area contributed by atoms with E-state index >= 15 is 0 Å². The molecule has 2 aromatic rings. The molecule has 5 nitrogen and oxygen atoms in total. The zero-order valence-electron chi connectivity index (χ0n) is 15.2. The summed E-state index contributed by atoms with van der Waals surface area (Å²) in [6.45, 7) is 9.92. The monoisotopic (exact) mass is 342 g/mol. The molecule has 3 heterocycles. The lowest BCUT2D eigenvalue weighted by Gasteiger charge is -2.33. The van der Waals surface area contributed by atoms with Crippen molar-refractivity contribution < 1.29 is 14.4 Å². The van der Waals surface area contributed by atoms with Gasteiger partial charge in [-0.1, -0.05) is 0 Å². The molecule has 1 aromatic heterocycles. The maximum Gasteiger partial charge on any atom is 0.254 e. The van der Waals surface area contributed by atoms with Crippen LogP contribution in [0, 0.1) is 13.8 Å². The molecule has 1 amide bonds. The van der Waals surface area contributed by atoms with Crippen molar-refractivity contribution in [2.45, 2.75) is 32.8 Å². The first-order chi connectivity index (χ1) is 12.1. The van der Waals surface area contributed by atoms with Gasteiger partial charge in [-0.2, -0.15) is 0 Å². The molecule has 134 valence electrons. The van der Waals surface area contributed by atoms with Crippen LogP contribution in [0.2, 0.25) is 0 Å². The molecule has 2 saturated heterocycles. The van der Waals surface area contributed by atoms with Gasteiger partial charge in [0.05, 0.1) is 26.2 Å². The van der Waals surface area contributed by atoms with Crippen molar-refractivity contribution in [3.05, 3.63) is 35.0 Å². The third kappa shape index (κ3) is 3.31. The number of amides is 1. The van der Waals surface area contributed by atoms with Gasteiger partial charge in [0, 0.05) is 28.8 Å². The number of carbonyl (C=O) groups excluding carboxylic acids is 1. The zero-order chi connectivity index (χ0) is 17.4. The summed E-state index contributed by atoms with van der Waals surface area (Å²) in [6.07, 6.45) is 2.82. The third-order valence-corrected chi connectivity index (χ3v) is 5.85. The van der Waals surface area contributed by atoms with Crippen LogP contribution < -0.4 is 4.90 Å². The predicted molar refractivity (Wildman–Crippen MR) is 98.2 cm³/mol. The molecule has 0 spiro atoms. The van der Waals surface area contributed by atoms with E-state index in [0.29, 0.717) is 6.10 Å². The third-order valence-electron chi connectivity index (χ3n) is 5.85. The first kappa shape index (κ1) is 16.6.